The number of carbonyl (C=O) groups excluding carboxylic acids is 2. The van der Waals surface area contributed by atoms with E-state index in [1.54, 1.807) is 11.8 Å². The van der Waals surface area contributed by atoms with E-state index in [9.17, 15) is 9.59 Å². The number of allylic oxidation sites excluding steroid dienone is 1. The van der Waals surface area contributed by atoms with Crippen LogP contribution >= 0.6 is 0 Å². The van der Waals surface area contributed by atoms with Crippen LogP contribution in [0.25, 0.3) is 0 Å². The van der Waals surface area contributed by atoms with Crippen molar-refractivity contribution < 1.29 is 9.59 Å². The number of amides is 2. The number of benzene rings is 1. The number of likely N-dealkylation sites (N-methyl/N-ethyl adjacent to an activating group) is 1. The summed E-state index contributed by atoms with van der Waals surface area (Å²) in [5.74, 6) is 0.291. The molecule has 1 aliphatic heterocycles. The Kier molecular flexibility index (Phi) is 6.01. The third kappa shape index (κ3) is 3.93. The van der Waals surface area contributed by atoms with Gasteiger partial charge in [-0.3, -0.25) is 9.59 Å². The first-order valence-electron chi connectivity index (χ1n) is 8.80. The highest BCUT2D eigenvalue weighted by molar-refractivity contribution is 6.05. The molecular formula is C20H29N3O2. The molecule has 1 heterocycles. The zero-order chi connectivity index (χ0) is 18.7. The van der Waals surface area contributed by atoms with E-state index >= 15 is 0 Å². The molecule has 0 bridgehead atoms. The molecule has 0 spiro atoms. The van der Waals surface area contributed by atoms with Gasteiger partial charge in [-0.25, -0.2) is 0 Å². The van der Waals surface area contributed by atoms with Crippen molar-refractivity contribution >= 4 is 23.2 Å². The molecule has 25 heavy (non-hydrogen) atoms. The van der Waals surface area contributed by atoms with Gasteiger partial charge in [-0.1, -0.05) is 31.2 Å². The molecule has 3 atom stereocenters. The molecule has 1 aromatic carbocycles. The Hall–Kier alpha value is -2.14. The molecule has 1 aliphatic rings. The average molecular weight is 343 g/mol. The highest BCUT2D eigenvalue weighted by Crippen LogP contribution is 2.36. The summed E-state index contributed by atoms with van der Waals surface area (Å²) in [4.78, 5) is 28.8. The number of nitrogens with zero attached hydrogens (tertiary/aromatic N) is 2. The van der Waals surface area contributed by atoms with Crippen LogP contribution in [0.2, 0.25) is 0 Å². The summed E-state index contributed by atoms with van der Waals surface area (Å²) in [6.45, 7) is 12.1. The van der Waals surface area contributed by atoms with Crippen LogP contribution < -0.4 is 15.1 Å². The van der Waals surface area contributed by atoms with Crippen molar-refractivity contribution in [3.8, 4) is 0 Å². The van der Waals surface area contributed by atoms with Gasteiger partial charge in [0.15, 0.2) is 0 Å². The van der Waals surface area contributed by atoms with E-state index in [4.69, 9.17) is 0 Å². The van der Waals surface area contributed by atoms with E-state index in [2.05, 4.69) is 18.8 Å². The minimum Gasteiger partial charge on any atom is -0.309 e. The number of para-hydroxylation sites is 2. The fraction of sp³-hybridized carbons (Fsp3) is 0.500. The van der Waals surface area contributed by atoms with Gasteiger partial charge in [0.1, 0.15) is 0 Å². The van der Waals surface area contributed by atoms with Crippen LogP contribution in [0.1, 0.15) is 34.1 Å². The minimum atomic E-state index is -0.282. The molecule has 1 N–H and O–H groups in total. The highest BCUT2D eigenvalue weighted by atomic mass is 16.2. The SMILES string of the molecule is C=C(C)C(C)CC(NC)C(=O)N1C[C@H](C)N(C(C)=O)c2ccccc21. The standard InChI is InChI=1S/C20H29N3O2/c1-13(2)14(3)11-17(21-6)20(25)22-12-15(4)23(16(5)24)19-10-8-7-9-18(19)22/h7-10,14-15,17,21H,1,11-12H2,2-6H3/t14?,15-,17?/m0/s1. The van der Waals surface area contributed by atoms with Crippen molar-refractivity contribution in [3.63, 3.8) is 0 Å². The van der Waals surface area contributed by atoms with Crippen molar-refractivity contribution in [2.24, 2.45) is 5.92 Å². The molecule has 2 unspecified atom stereocenters. The Balaban J connectivity index is 2.34. The Morgan fingerprint density at radius 1 is 1.28 bits per heavy atom. The van der Waals surface area contributed by atoms with E-state index in [0.717, 1.165) is 16.9 Å². The summed E-state index contributed by atoms with van der Waals surface area (Å²) < 4.78 is 0. The number of rotatable bonds is 5. The minimum absolute atomic E-state index is 0.00637. The summed E-state index contributed by atoms with van der Waals surface area (Å²) in [7, 11) is 1.81. The van der Waals surface area contributed by atoms with E-state index < -0.39 is 0 Å². The predicted molar refractivity (Wildman–Crippen MR) is 103 cm³/mol. The number of carbonyl (C=O) groups is 2. The second kappa shape index (κ2) is 7.83. The summed E-state index contributed by atoms with van der Waals surface area (Å²) in [6.07, 6.45) is 0.703. The fourth-order valence-electron chi connectivity index (χ4n) is 3.35. The molecule has 2 amide bonds. The molecule has 0 radical (unpaired) electrons. The van der Waals surface area contributed by atoms with Crippen molar-refractivity contribution in [1.82, 2.24) is 5.32 Å². The number of hydrogen-bond acceptors (Lipinski definition) is 3. The maximum atomic E-state index is 13.2. The van der Waals surface area contributed by atoms with Gasteiger partial charge >= 0.3 is 0 Å². The Morgan fingerprint density at radius 3 is 2.40 bits per heavy atom. The Bertz CT molecular complexity index is 671. The summed E-state index contributed by atoms with van der Waals surface area (Å²) in [5, 5.41) is 3.15. The zero-order valence-corrected chi connectivity index (χ0v) is 15.9. The van der Waals surface area contributed by atoms with Gasteiger partial charge in [-0.2, -0.15) is 0 Å². The average Bonchev–Trinajstić information content (AvgIpc) is 2.57. The van der Waals surface area contributed by atoms with Gasteiger partial charge in [0.2, 0.25) is 11.8 Å². The number of hydrogen-bond donors (Lipinski definition) is 1. The van der Waals surface area contributed by atoms with Gasteiger partial charge in [-0.15, -0.1) is 0 Å². The third-order valence-electron chi connectivity index (χ3n) is 5.00. The molecule has 0 saturated carbocycles. The monoisotopic (exact) mass is 343 g/mol. The lowest BCUT2D eigenvalue weighted by atomic mass is 9.94. The maximum absolute atomic E-state index is 13.2. The number of nitrogens with one attached hydrogen (secondary N) is 1. The van der Waals surface area contributed by atoms with Gasteiger partial charge in [0.25, 0.3) is 0 Å². The third-order valence-corrected chi connectivity index (χ3v) is 5.00. The topological polar surface area (TPSA) is 52.7 Å². The van der Waals surface area contributed by atoms with Crippen molar-refractivity contribution in [2.75, 3.05) is 23.4 Å². The second-order valence-corrected chi connectivity index (χ2v) is 7.00. The highest BCUT2D eigenvalue weighted by Gasteiger charge is 2.35. The van der Waals surface area contributed by atoms with E-state index in [1.807, 2.05) is 50.1 Å². The predicted octanol–water partition coefficient (Wildman–Crippen LogP) is 2.96. The van der Waals surface area contributed by atoms with Crippen molar-refractivity contribution in [1.29, 1.82) is 0 Å². The second-order valence-electron chi connectivity index (χ2n) is 7.00. The van der Waals surface area contributed by atoms with Crippen LogP contribution in [0.4, 0.5) is 11.4 Å². The lowest BCUT2D eigenvalue weighted by Crippen LogP contribution is -2.55. The Morgan fingerprint density at radius 2 is 1.88 bits per heavy atom. The number of fused-ring (bicyclic) bond motifs is 1. The van der Waals surface area contributed by atoms with E-state index in [0.29, 0.717) is 13.0 Å². The summed E-state index contributed by atoms with van der Waals surface area (Å²) >= 11 is 0. The summed E-state index contributed by atoms with van der Waals surface area (Å²) in [6, 6.07) is 7.26. The molecule has 0 saturated heterocycles. The molecule has 5 heteroatoms. The van der Waals surface area contributed by atoms with Crippen LogP contribution in [0, 0.1) is 5.92 Å². The van der Waals surface area contributed by atoms with E-state index in [1.165, 1.54) is 0 Å². The zero-order valence-electron chi connectivity index (χ0n) is 15.9. The lowest BCUT2D eigenvalue weighted by Gasteiger charge is -2.42. The van der Waals surface area contributed by atoms with Crippen LogP contribution in [-0.2, 0) is 9.59 Å². The van der Waals surface area contributed by atoms with Gasteiger partial charge in [-0.05, 0) is 45.4 Å². The van der Waals surface area contributed by atoms with Gasteiger partial charge in [0.05, 0.1) is 23.5 Å². The molecular weight excluding hydrogens is 314 g/mol. The molecule has 0 fully saturated rings. The van der Waals surface area contributed by atoms with Gasteiger partial charge < -0.3 is 15.1 Å². The molecule has 136 valence electrons. The van der Waals surface area contributed by atoms with Crippen LogP contribution in [0.5, 0.6) is 0 Å². The largest absolute Gasteiger partial charge is 0.309 e. The smallest absolute Gasteiger partial charge is 0.244 e. The normalized spacial score (nSPS) is 19.2. The first-order chi connectivity index (χ1) is 11.8. The molecule has 5 nitrogen and oxygen atoms in total. The first kappa shape index (κ1) is 19.2. The van der Waals surface area contributed by atoms with Crippen LogP contribution in [-0.4, -0.2) is 37.5 Å². The lowest BCUT2D eigenvalue weighted by molar-refractivity contribution is -0.121. The summed E-state index contributed by atoms with van der Waals surface area (Å²) in [5.41, 5.74) is 2.66. The Labute approximate surface area is 150 Å². The van der Waals surface area contributed by atoms with Crippen LogP contribution in [0.3, 0.4) is 0 Å². The molecule has 1 aromatic rings. The van der Waals surface area contributed by atoms with E-state index in [-0.39, 0.29) is 29.8 Å². The first-order valence-corrected chi connectivity index (χ1v) is 8.80. The number of anilines is 2. The molecule has 0 aliphatic carbocycles. The maximum Gasteiger partial charge on any atom is 0.244 e. The molecule has 0 aromatic heterocycles. The fourth-order valence-corrected chi connectivity index (χ4v) is 3.35. The quantitative estimate of drug-likeness (QED) is 0.836. The van der Waals surface area contributed by atoms with Gasteiger partial charge in [0, 0.05) is 13.5 Å². The van der Waals surface area contributed by atoms with Crippen molar-refractivity contribution in [3.05, 3.63) is 36.4 Å². The molecule has 2 rings (SSSR count). The van der Waals surface area contributed by atoms with Crippen molar-refractivity contribution in [2.45, 2.75) is 46.2 Å². The van der Waals surface area contributed by atoms with Crippen LogP contribution in [0.15, 0.2) is 36.4 Å².